The van der Waals surface area contributed by atoms with E-state index in [4.69, 9.17) is 4.74 Å². The third-order valence-corrected chi connectivity index (χ3v) is 5.46. The summed E-state index contributed by atoms with van der Waals surface area (Å²) in [6, 6.07) is 5.24. The lowest BCUT2D eigenvalue weighted by Crippen LogP contribution is -2.17. The maximum absolute atomic E-state index is 13.7. The van der Waals surface area contributed by atoms with Gasteiger partial charge in [-0.05, 0) is 36.0 Å². The van der Waals surface area contributed by atoms with Crippen molar-refractivity contribution in [2.45, 2.75) is 37.4 Å². The molecule has 3 heteroatoms. The molecule has 1 aromatic carbocycles. The minimum absolute atomic E-state index is 0.220. The molecule has 1 nitrogen and oxygen atoms in total. The fourth-order valence-corrected chi connectivity index (χ4v) is 3.42. The van der Waals surface area contributed by atoms with E-state index in [9.17, 15) is 4.39 Å². The highest BCUT2D eigenvalue weighted by atomic mass is 79.9. The van der Waals surface area contributed by atoms with Gasteiger partial charge in [-0.3, -0.25) is 0 Å². The summed E-state index contributed by atoms with van der Waals surface area (Å²) in [6.07, 6.45) is 4.96. The zero-order chi connectivity index (χ0) is 12.5. The normalized spacial score (nSPS) is 20.2. The Morgan fingerprint density at radius 2 is 2.00 bits per heavy atom. The zero-order valence-corrected chi connectivity index (χ0v) is 11.9. The van der Waals surface area contributed by atoms with Gasteiger partial charge in [0.25, 0.3) is 0 Å². The van der Waals surface area contributed by atoms with E-state index in [2.05, 4.69) is 22.9 Å². The minimum Gasteiger partial charge on any atom is -0.494 e. The molecule has 17 heavy (non-hydrogen) atoms. The molecule has 0 spiro atoms. The predicted molar refractivity (Wildman–Crippen MR) is 71.2 cm³/mol. The zero-order valence-electron chi connectivity index (χ0n) is 10.3. The molecule has 1 atom stereocenters. The quantitative estimate of drug-likeness (QED) is 0.725. The van der Waals surface area contributed by atoms with Gasteiger partial charge in [0.05, 0.1) is 7.11 Å². The van der Waals surface area contributed by atoms with Gasteiger partial charge >= 0.3 is 0 Å². The van der Waals surface area contributed by atoms with Gasteiger partial charge in [-0.25, -0.2) is 4.39 Å². The molecule has 1 unspecified atom stereocenters. The van der Waals surface area contributed by atoms with Crippen molar-refractivity contribution in [1.82, 2.24) is 0 Å². The number of rotatable bonds is 3. The van der Waals surface area contributed by atoms with Gasteiger partial charge in [0.2, 0.25) is 0 Å². The Kier molecular flexibility index (Phi) is 3.76. The summed E-state index contributed by atoms with van der Waals surface area (Å²) in [4.78, 5) is 0.220. The summed E-state index contributed by atoms with van der Waals surface area (Å²) in [6.45, 7) is 2.28. The van der Waals surface area contributed by atoms with Crippen LogP contribution in [0.4, 0.5) is 4.39 Å². The molecule has 94 valence electrons. The van der Waals surface area contributed by atoms with Crippen molar-refractivity contribution in [3.05, 3.63) is 29.6 Å². The highest BCUT2D eigenvalue weighted by Crippen LogP contribution is 2.51. The lowest BCUT2D eigenvalue weighted by Gasteiger charge is -2.30. The van der Waals surface area contributed by atoms with Crippen molar-refractivity contribution in [2.75, 3.05) is 7.11 Å². The molecule has 1 aromatic rings. The summed E-state index contributed by atoms with van der Waals surface area (Å²) in [7, 11) is 1.49. The van der Waals surface area contributed by atoms with E-state index in [1.807, 2.05) is 6.07 Å². The highest BCUT2D eigenvalue weighted by Gasteiger charge is 2.36. The molecule has 1 aliphatic rings. The van der Waals surface area contributed by atoms with Crippen LogP contribution in [0.3, 0.4) is 0 Å². The van der Waals surface area contributed by atoms with Crippen molar-refractivity contribution >= 4 is 15.9 Å². The van der Waals surface area contributed by atoms with Gasteiger partial charge in [-0.2, -0.15) is 0 Å². The van der Waals surface area contributed by atoms with E-state index >= 15 is 0 Å². The van der Waals surface area contributed by atoms with Gasteiger partial charge in [-0.1, -0.05) is 41.8 Å². The van der Waals surface area contributed by atoms with Crippen LogP contribution in [0.25, 0.3) is 0 Å². The molecule has 0 heterocycles. The molecular formula is C14H18BrFO. The summed E-state index contributed by atoms with van der Waals surface area (Å²) >= 11 is 3.74. The Morgan fingerprint density at radius 1 is 1.35 bits per heavy atom. The van der Waals surface area contributed by atoms with Crippen LogP contribution in [0.2, 0.25) is 0 Å². The Morgan fingerprint density at radius 3 is 2.53 bits per heavy atom. The number of benzene rings is 1. The number of ether oxygens (including phenoxy) is 1. The maximum atomic E-state index is 13.7. The van der Waals surface area contributed by atoms with Crippen molar-refractivity contribution in [1.29, 1.82) is 0 Å². The van der Waals surface area contributed by atoms with Crippen molar-refractivity contribution in [3.8, 4) is 5.75 Å². The topological polar surface area (TPSA) is 9.23 Å². The molecule has 0 aliphatic heterocycles. The fourth-order valence-electron chi connectivity index (χ4n) is 2.68. The van der Waals surface area contributed by atoms with Gasteiger partial charge in [-0.15, -0.1) is 0 Å². The van der Waals surface area contributed by atoms with Crippen LogP contribution in [-0.2, 0) is 0 Å². The summed E-state index contributed by atoms with van der Waals surface area (Å²) in [5.41, 5.74) is 1.26. The van der Waals surface area contributed by atoms with E-state index in [1.54, 1.807) is 12.1 Å². The molecule has 0 aromatic heterocycles. The minimum atomic E-state index is -0.281. The van der Waals surface area contributed by atoms with Crippen LogP contribution in [-0.4, -0.2) is 7.11 Å². The highest BCUT2D eigenvalue weighted by molar-refractivity contribution is 9.09. The Balaban J connectivity index is 2.25. The molecular weight excluding hydrogens is 283 g/mol. The first kappa shape index (κ1) is 12.9. The van der Waals surface area contributed by atoms with E-state index in [1.165, 1.54) is 32.8 Å². The van der Waals surface area contributed by atoms with E-state index < -0.39 is 0 Å². The van der Waals surface area contributed by atoms with E-state index in [0.717, 1.165) is 5.56 Å². The van der Waals surface area contributed by atoms with Crippen LogP contribution in [0.15, 0.2) is 18.2 Å². The Bertz CT molecular complexity index is 399. The number of methoxy groups -OCH3 is 1. The molecule has 2 rings (SSSR count). The first-order chi connectivity index (χ1) is 8.07. The standard InChI is InChI=1S/C14H18BrFO/c1-14(7-3-4-8-14)13(15)10-5-6-12(17-2)11(16)9-10/h5-6,9,13H,3-4,7-8H2,1-2H3. The number of hydrogen-bond donors (Lipinski definition) is 0. The molecule has 1 saturated carbocycles. The first-order valence-electron chi connectivity index (χ1n) is 6.04. The van der Waals surface area contributed by atoms with Gasteiger partial charge in [0.15, 0.2) is 11.6 Å². The molecule has 1 aliphatic carbocycles. The first-order valence-corrected chi connectivity index (χ1v) is 6.96. The average Bonchev–Trinajstić information content (AvgIpc) is 2.76. The van der Waals surface area contributed by atoms with Crippen LogP contribution < -0.4 is 4.74 Å². The summed E-state index contributed by atoms with van der Waals surface area (Å²) < 4.78 is 18.6. The fraction of sp³-hybridized carbons (Fsp3) is 0.571. The summed E-state index contributed by atoms with van der Waals surface area (Å²) in [5, 5.41) is 0. The Labute approximate surface area is 110 Å². The van der Waals surface area contributed by atoms with Crippen molar-refractivity contribution in [2.24, 2.45) is 5.41 Å². The smallest absolute Gasteiger partial charge is 0.165 e. The van der Waals surface area contributed by atoms with E-state index in [0.29, 0.717) is 5.75 Å². The van der Waals surface area contributed by atoms with Crippen molar-refractivity contribution < 1.29 is 9.13 Å². The van der Waals surface area contributed by atoms with Gasteiger partial charge < -0.3 is 4.74 Å². The second kappa shape index (κ2) is 4.97. The predicted octanol–water partition coefficient (Wildman–Crippen LogP) is 4.85. The third kappa shape index (κ3) is 2.49. The van der Waals surface area contributed by atoms with Crippen LogP contribution in [0, 0.1) is 11.2 Å². The summed E-state index contributed by atoms with van der Waals surface area (Å²) in [5.74, 6) is 0.0288. The maximum Gasteiger partial charge on any atom is 0.165 e. The number of hydrogen-bond acceptors (Lipinski definition) is 1. The number of halogens is 2. The van der Waals surface area contributed by atoms with Gasteiger partial charge in [0, 0.05) is 4.83 Å². The number of alkyl halides is 1. The molecule has 0 saturated heterocycles. The van der Waals surface area contributed by atoms with Gasteiger partial charge in [0.1, 0.15) is 0 Å². The molecule has 0 N–H and O–H groups in total. The van der Waals surface area contributed by atoms with Crippen molar-refractivity contribution in [3.63, 3.8) is 0 Å². The average molecular weight is 301 g/mol. The van der Waals surface area contributed by atoms with Crippen LogP contribution in [0.1, 0.15) is 43.0 Å². The molecule has 0 radical (unpaired) electrons. The monoisotopic (exact) mass is 300 g/mol. The lowest BCUT2D eigenvalue weighted by atomic mass is 9.82. The lowest BCUT2D eigenvalue weighted by molar-refractivity contribution is 0.330. The second-order valence-electron chi connectivity index (χ2n) is 5.12. The molecule has 1 fully saturated rings. The second-order valence-corrected chi connectivity index (χ2v) is 6.03. The SMILES string of the molecule is COc1ccc(C(Br)C2(C)CCCC2)cc1F. The largest absolute Gasteiger partial charge is 0.494 e. The van der Waals surface area contributed by atoms with Crippen LogP contribution >= 0.6 is 15.9 Å². The van der Waals surface area contributed by atoms with Crippen LogP contribution in [0.5, 0.6) is 5.75 Å². The molecule has 0 amide bonds. The van der Waals surface area contributed by atoms with E-state index in [-0.39, 0.29) is 16.1 Å². The Hall–Kier alpha value is -0.570. The molecule has 0 bridgehead atoms. The third-order valence-electron chi connectivity index (χ3n) is 3.83.